The lowest BCUT2D eigenvalue weighted by molar-refractivity contribution is 0.551. The summed E-state index contributed by atoms with van der Waals surface area (Å²) in [6, 6.07) is 4.46. The van der Waals surface area contributed by atoms with Gasteiger partial charge in [-0.25, -0.2) is 13.2 Å². The SMILES string of the molecule is Fc1cc(Br)c(Cl)cc1C(Cl)c1c(F)cc(Br)cc1F. The second-order valence-electron chi connectivity index (χ2n) is 3.93. The summed E-state index contributed by atoms with van der Waals surface area (Å²) in [6.45, 7) is 0. The Morgan fingerprint density at radius 2 is 1.45 bits per heavy atom. The van der Waals surface area contributed by atoms with E-state index in [0.29, 0.717) is 4.47 Å². The quantitative estimate of drug-likeness (QED) is 0.358. The Labute approximate surface area is 140 Å². The Hall–Kier alpha value is -0.230. The van der Waals surface area contributed by atoms with E-state index >= 15 is 0 Å². The van der Waals surface area contributed by atoms with Gasteiger partial charge in [-0.05, 0) is 40.2 Å². The fourth-order valence-corrected chi connectivity index (χ4v) is 2.95. The molecule has 0 N–H and O–H groups in total. The van der Waals surface area contributed by atoms with Gasteiger partial charge in [-0.15, -0.1) is 11.6 Å². The molecule has 2 rings (SSSR count). The van der Waals surface area contributed by atoms with Gasteiger partial charge in [0.1, 0.15) is 17.5 Å². The van der Waals surface area contributed by atoms with Crippen molar-refractivity contribution in [2.24, 2.45) is 0 Å². The molecule has 2 aromatic rings. The molecule has 0 aliphatic rings. The summed E-state index contributed by atoms with van der Waals surface area (Å²) in [7, 11) is 0. The lowest BCUT2D eigenvalue weighted by atomic mass is 10.0. The Bertz CT molecular complexity index is 654. The zero-order valence-electron chi connectivity index (χ0n) is 9.53. The molecule has 0 aliphatic carbocycles. The number of hydrogen-bond donors (Lipinski definition) is 0. The third-order valence-corrected chi connectivity index (χ3v) is 4.72. The summed E-state index contributed by atoms with van der Waals surface area (Å²) in [6.07, 6.45) is 0. The van der Waals surface area contributed by atoms with Crippen LogP contribution in [0.15, 0.2) is 33.2 Å². The largest absolute Gasteiger partial charge is 0.207 e. The molecule has 106 valence electrons. The predicted molar refractivity (Wildman–Crippen MR) is 80.9 cm³/mol. The van der Waals surface area contributed by atoms with Crippen molar-refractivity contribution in [3.8, 4) is 0 Å². The fraction of sp³-hybridized carbons (Fsp3) is 0.0769. The van der Waals surface area contributed by atoms with Crippen molar-refractivity contribution < 1.29 is 13.2 Å². The molecule has 0 radical (unpaired) electrons. The smallest absolute Gasteiger partial charge is 0.132 e. The van der Waals surface area contributed by atoms with Gasteiger partial charge in [-0.2, -0.15) is 0 Å². The van der Waals surface area contributed by atoms with Crippen LogP contribution in [0.25, 0.3) is 0 Å². The highest BCUT2D eigenvalue weighted by atomic mass is 79.9. The van der Waals surface area contributed by atoms with Gasteiger partial charge in [-0.1, -0.05) is 27.5 Å². The van der Waals surface area contributed by atoms with Gasteiger partial charge in [0.2, 0.25) is 0 Å². The molecule has 20 heavy (non-hydrogen) atoms. The molecule has 2 aromatic carbocycles. The molecule has 1 unspecified atom stereocenters. The normalized spacial score (nSPS) is 12.6. The van der Waals surface area contributed by atoms with Crippen molar-refractivity contribution in [2.45, 2.75) is 5.38 Å². The van der Waals surface area contributed by atoms with Crippen molar-refractivity contribution in [2.75, 3.05) is 0 Å². The number of halogens is 7. The van der Waals surface area contributed by atoms with E-state index in [0.717, 1.165) is 18.2 Å². The molecular weight excluding hydrogens is 444 g/mol. The van der Waals surface area contributed by atoms with Crippen LogP contribution in [0.5, 0.6) is 0 Å². The predicted octanol–water partition coefficient (Wildman–Crippen LogP) is 6.61. The van der Waals surface area contributed by atoms with E-state index in [1.165, 1.54) is 6.07 Å². The molecule has 0 spiro atoms. The summed E-state index contributed by atoms with van der Waals surface area (Å²) in [5.41, 5.74) is -0.521. The van der Waals surface area contributed by atoms with Crippen molar-refractivity contribution in [3.63, 3.8) is 0 Å². The van der Waals surface area contributed by atoms with Crippen LogP contribution < -0.4 is 0 Å². The molecule has 0 nitrogen and oxygen atoms in total. The van der Waals surface area contributed by atoms with Crippen molar-refractivity contribution in [3.05, 3.63) is 66.8 Å². The van der Waals surface area contributed by atoms with Crippen molar-refractivity contribution in [1.29, 1.82) is 0 Å². The first kappa shape index (κ1) is 16.1. The zero-order valence-corrected chi connectivity index (χ0v) is 14.2. The molecule has 0 amide bonds. The minimum absolute atomic E-state index is 0.0972. The van der Waals surface area contributed by atoms with Crippen LogP contribution in [0.1, 0.15) is 16.5 Å². The Morgan fingerprint density at radius 1 is 0.900 bits per heavy atom. The molecule has 0 aliphatic heterocycles. The summed E-state index contributed by atoms with van der Waals surface area (Å²) < 4.78 is 42.1. The molecule has 0 bridgehead atoms. The molecule has 1 atom stereocenters. The lowest BCUT2D eigenvalue weighted by Crippen LogP contribution is -2.04. The van der Waals surface area contributed by atoms with E-state index in [4.69, 9.17) is 23.2 Å². The number of hydrogen-bond acceptors (Lipinski definition) is 0. The molecule has 0 saturated carbocycles. The third-order valence-electron chi connectivity index (χ3n) is 2.61. The van der Waals surface area contributed by atoms with Crippen LogP contribution in [0, 0.1) is 17.5 Å². The maximum atomic E-state index is 13.9. The van der Waals surface area contributed by atoms with E-state index in [9.17, 15) is 13.2 Å². The fourth-order valence-electron chi connectivity index (χ4n) is 1.68. The Balaban J connectivity index is 2.57. The average Bonchev–Trinajstić information content (AvgIpc) is 2.32. The van der Waals surface area contributed by atoms with Crippen molar-refractivity contribution in [1.82, 2.24) is 0 Å². The molecule has 7 heteroatoms. The molecule has 0 aromatic heterocycles. The monoisotopic (exact) mass is 446 g/mol. The minimum Gasteiger partial charge on any atom is -0.207 e. The third kappa shape index (κ3) is 3.16. The van der Waals surface area contributed by atoms with Gasteiger partial charge >= 0.3 is 0 Å². The van der Waals surface area contributed by atoms with Crippen LogP contribution in [0.3, 0.4) is 0 Å². The van der Waals surface area contributed by atoms with Gasteiger partial charge in [0.15, 0.2) is 0 Å². The van der Waals surface area contributed by atoms with E-state index in [-0.39, 0.29) is 15.1 Å². The summed E-state index contributed by atoms with van der Waals surface area (Å²) in [5.74, 6) is -2.44. The Kier molecular flexibility index (Phi) is 5.05. The highest BCUT2D eigenvalue weighted by Crippen LogP contribution is 2.38. The van der Waals surface area contributed by atoms with Crippen molar-refractivity contribution >= 4 is 55.1 Å². The molecule has 0 fully saturated rings. The second kappa shape index (κ2) is 6.26. The van der Waals surface area contributed by atoms with Gasteiger partial charge in [0.25, 0.3) is 0 Å². The van der Waals surface area contributed by atoms with Gasteiger partial charge in [-0.3, -0.25) is 0 Å². The maximum absolute atomic E-state index is 13.9. The number of rotatable bonds is 2. The first-order chi connectivity index (χ1) is 9.31. The van der Waals surface area contributed by atoms with Gasteiger partial charge in [0.05, 0.1) is 10.4 Å². The molecular formula is C13H5Br2Cl2F3. The second-order valence-corrected chi connectivity index (χ2v) is 6.55. The topological polar surface area (TPSA) is 0 Å². The molecule has 0 saturated heterocycles. The summed E-state index contributed by atoms with van der Waals surface area (Å²) in [4.78, 5) is 0. The minimum atomic E-state index is -1.33. The zero-order chi connectivity index (χ0) is 15.0. The average molecular weight is 449 g/mol. The first-order valence-corrected chi connectivity index (χ1v) is 7.64. The Morgan fingerprint density at radius 3 is 2.00 bits per heavy atom. The standard InChI is InChI=1S/C13H5Br2Cl2F3/c14-5-1-10(19)12(11(20)2-5)13(17)6-3-8(16)7(15)4-9(6)18/h1-4,13H. The number of benzene rings is 2. The highest BCUT2D eigenvalue weighted by molar-refractivity contribution is 9.10. The van der Waals surface area contributed by atoms with Crippen LogP contribution in [0.4, 0.5) is 13.2 Å². The van der Waals surface area contributed by atoms with E-state index < -0.39 is 28.4 Å². The van der Waals surface area contributed by atoms with E-state index in [1.54, 1.807) is 0 Å². The summed E-state index contributed by atoms with van der Waals surface area (Å²) in [5, 5.41) is -1.13. The van der Waals surface area contributed by atoms with Gasteiger partial charge in [0, 0.05) is 20.1 Å². The van der Waals surface area contributed by atoms with Crippen LogP contribution in [0.2, 0.25) is 5.02 Å². The van der Waals surface area contributed by atoms with Crippen LogP contribution in [-0.2, 0) is 0 Å². The number of alkyl halides is 1. The molecule has 0 heterocycles. The maximum Gasteiger partial charge on any atom is 0.132 e. The highest BCUT2D eigenvalue weighted by Gasteiger charge is 2.24. The van der Waals surface area contributed by atoms with Crippen LogP contribution >= 0.6 is 55.1 Å². The van der Waals surface area contributed by atoms with Crippen LogP contribution in [-0.4, -0.2) is 0 Å². The van der Waals surface area contributed by atoms with E-state index in [1.807, 2.05) is 0 Å². The first-order valence-electron chi connectivity index (χ1n) is 5.24. The summed E-state index contributed by atoms with van der Waals surface area (Å²) >= 11 is 17.9. The lowest BCUT2D eigenvalue weighted by Gasteiger charge is -2.14. The van der Waals surface area contributed by atoms with Gasteiger partial charge < -0.3 is 0 Å². The van der Waals surface area contributed by atoms with E-state index in [2.05, 4.69) is 31.9 Å².